The molecule has 0 saturated heterocycles. The van der Waals surface area contributed by atoms with Gasteiger partial charge in [-0.3, -0.25) is 0 Å². The van der Waals surface area contributed by atoms with Gasteiger partial charge in [0.2, 0.25) is 6.79 Å². The third-order valence-electron chi connectivity index (χ3n) is 5.54. The molecule has 7 nitrogen and oxygen atoms in total. The number of rotatable bonds is 3. The number of nitrogens with one attached hydrogen (secondary N) is 2. The second kappa shape index (κ2) is 8.12. The SMILES string of the molecule is CC1=C(C(=O)OC2CCCCCCC2)[C@H](c2ccc3c(c2)OCO3)NC(=O)N1. The second-order valence-electron chi connectivity index (χ2n) is 7.56. The Labute approximate surface area is 164 Å². The highest BCUT2D eigenvalue weighted by Crippen LogP contribution is 2.37. The summed E-state index contributed by atoms with van der Waals surface area (Å²) in [6, 6.07) is 4.49. The van der Waals surface area contributed by atoms with Gasteiger partial charge in [-0.1, -0.05) is 25.3 Å². The zero-order valence-electron chi connectivity index (χ0n) is 16.1. The van der Waals surface area contributed by atoms with Gasteiger partial charge in [0.1, 0.15) is 6.10 Å². The van der Waals surface area contributed by atoms with Gasteiger partial charge in [-0.25, -0.2) is 9.59 Å². The summed E-state index contributed by atoms with van der Waals surface area (Å²) in [6.45, 7) is 1.90. The molecule has 150 valence electrons. The molecular weight excluding hydrogens is 360 g/mol. The molecular formula is C21H26N2O5. The zero-order chi connectivity index (χ0) is 19.5. The lowest BCUT2D eigenvalue weighted by molar-refractivity contribution is -0.145. The molecule has 0 aromatic heterocycles. The highest BCUT2D eigenvalue weighted by molar-refractivity contribution is 5.95. The van der Waals surface area contributed by atoms with E-state index in [1.54, 1.807) is 19.1 Å². The lowest BCUT2D eigenvalue weighted by Crippen LogP contribution is -2.45. The van der Waals surface area contributed by atoms with Crippen molar-refractivity contribution in [1.82, 2.24) is 10.6 Å². The van der Waals surface area contributed by atoms with Crippen LogP contribution < -0.4 is 20.1 Å². The number of carbonyl (C=O) groups is 2. The molecule has 3 aliphatic rings. The molecule has 0 bridgehead atoms. The maximum atomic E-state index is 13.1. The van der Waals surface area contributed by atoms with Crippen molar-refractivity contribution in [2.45, 2.75) is 64.0 Å². The molecule has 2 heterocycles. The Kier molecular flexibility index (Phi) is 5.41. The van der Waals surface area contributed by atoms with Gasteiger partial charge >= 0.3 is 12.0 Å². The standard InChI is InChI=1S/C21H26N2O5/c1-13-18(20(24)28-15-7-5-3-2-4-6-8-15)19(23-21(25)22-13)14-9-10-16-17(11-14)27-12-26-16/h9-11,15,19H,2-8,12H2,1H3,(H2,22,23,25)/t19-/m0/s1. The van der Waals surface area contributed by atoms with E-state index >= 15 is 0 Å². The number of esters is 1. The van der Waals surface area contributed by atoms with Crippen LogP contribution in [-0.2, 0) is 9.53 Å². The molecule has 1 atom stereocenters. The predicted octanol–water partition coefficient (Wildman–Crippen LogP) is 3.70. The fraction of sp³-hybridized carbons (Fsp3) is 0.524. The minimum absolute atomic E-state index is 0.0665. The number of hydrogen-bond acceptors (Lipinski definition) is 5. The molecule has 2 aliphatic heterocycles. The summed E-state index contributed by atoms with van der Waals surface area (Å²) in [4.78, 5) is 25.1. The van der Waals surface area contributed by atoms with E-state index in [4.69, 9.17) is 14.2 Å². The van der Waals surface area contributed by atoms with Crippen molar-refractivity contribution in [3.8, 4) is 11.5 Å². The van der Waals surface area contributed by atoms with Crippen molar-refractivity contribution >= 4 is 12.0 Å². The number of allylic oxidation sites excluding steroid dienone is 1. The molecule has 1 aliphatic carbocycles. The van der Waals surface area contributed by atoms with Crippen LogP contribution >= 0.6 is 0 Å². The van der Waals surface area contributed by atoms with E-state index in [1.165, 1.54) is 19.3 Å². The fourth-order valence-electron chi connectivity index (χ4n) is 4.06. The number of benzene rings is 1. The largest absolute Gasteiger partial charge is 0.459 e. The van der Waals surface area contributed by atoms with Crippen LogP contribution in [0.15, 0.2) is 29.5 Å². The molecule has 2 N–H and O–H groups in total. The van der Waals surface area contributed by atoms with Crippen molar-refractivity contribution in [3.63, 3.8) is 0 Å². The first kappa shape index (κ1) is 18.7. The third-order valence-corrected chi connectivity index (χ3v) is 5.54. The van der Waals surface area contributed by atoms with Gasteiger partial charge < -0.3 is 24.8 Å². The van der Waals surface area contributed by atoms with Crippen LogP contribution in [0.4, 0.5) is 4.79 Å². The Morgan fingerprint density at radius 3 is 2.57 bits per heavy atom. The zero-order valence-corrected chi connectivity index (χ0v) is 16.1. The second-order valence-corrected chi connectivity index (χ2v) is 7.56. The Bertz CT molecular complexity index is 796. The van der Waals surface area contributed by atoms with E-state index in [9.17, 15) is 9.59 Å². The van der Waals surface area contributed by atoms with Crippen molar-refractivity contribution in [1.29, 1.82) is 0 Å². The first-order chi connectivity index (χ1) is 13.6. The maximum Gasteiger partial charge on any atom is 0.338 e. The first-order valence-electron chi connectivity index (χ1n) is 10.0. The number of amides is 2. The van der Waals surface area contributed by atoms with E-state index in [0.717, 1.165) is 31.2 Å². The summed E-state index contributed by atoms with van der Waals surface area (Å²) in [5.74, 6) is 0.886. The third kappa shape index (κ3) is 3.93. The molecule has 2 amide bonds. The molecule has 1 aromatic rings. The first-order valence-corrected chi connectivity index (χ1v) is 10.0. The average molecular weight is 386 g/mol. The van der Waals surface area contributed by atoms with E-state index in [2.05, 4.69) is 10.6 Å². The van der Waals surface area contributed by atoms with Gasteiger partial charge in [-0.2, -0.15) is 0 Å². The molecule has 0 spiro atoms. The molecule has 0 unspecified atom stereocenters. The summed E-state index contributed by atoms with van der Waals surface area (Å²) >= 11 is 0. The summed E-state index contributed by atoms with van der Waals surface area (Å²) in [5, 5.41) is 5.53. The van der Waals surface area contributed by atoms with Gasteiger partial charge in [0, 0.05) is 5.70 Å². The monoisotopic (exact) mass is 386 g/mol. The highest BCUT2D eigenvalue weighted by atomic mass is 16.7. The fourth-order valence-corrected chi connectivity index (χ4v) is 4.06. The van der Waals surface area contributed by atoms with E-state index < -0.39 is 6.04 Å². The normalized spacial score (nSPS) is 22.8. The molecule has 4 rings (SSSR count). The Morgan fingerprint density at radius 2 is 1.79 bits per heavy atom. The van der Waals surface area contributed by atoms with Crippen molar-refractivity contribution in [3.05, 3.63) is 35.0 Å². The number of hydrogen-bond donors (Lipinski definition) is 2. The van der Waals surface area contributed by atoms with Gasteiger partial charge in [-0.15, -0.1) is 0 Å². The summed E-state index contributed by atoms with van der Waals surface area (Å²) in [7, 11) is 0. The van der Waals surface area contributed by atoms with Crippen LogP contribution in [0.2, 0.25) is 0 Å². The minimum Gasteiger partial charge on any atom is -0.459 e. The van der Waals surface area contributed by atoms with Crippen LogP contribution in [0.1, 0.15) is 63.5 Å². The van der Waals surface area contributed by atoms with Crippen LogP contribution in [0.25, 0.3) is 0 Å². The van der Waals surface area contributed by atoms with Crippen LogP contribution in [-0.4, -0.2) is 24.9 Å². The van der Waals surface area contributed by atoms with Crippen LogP contribution in [0, 0.1) is 0 Å². The van der Waals surface area contributed by atoms with E-state index in [0.29, 0.717) is 22.8 Å². The number of urea groups is 1. The minimum atomic E-state index is -0.593. The molecule has 28 heavy (non-hydrogen) atoms. The maximum absolute atomic E-state index is 13.1. The van der Waals surface area contributed by atoms with Crippen LogP contribution in [0.5, 0.6) is 11.5 Å². The van der Waals surface area contributed by atoms with Crippen molar-refractivity contribution < 1.29 is 23.8 Å². The molecule has 7 heteroatoms. The number of fused-ring (bicyclic) bond motifs is 1. The number of carbonyl (C=O) groups excluding carboxylic acids is 2. The smallest absolute Gasteiger partial charge is 0.338 e. The van der Waals surface area contributed by atoms with Gasteiger partial charge in [0.05, 0.1) is 11.6 Å². The van der Waals surface area contributed by atoms with E-state index in [-0.39, 0.29) is 24.9 Å². The molecule has 1 saturated carbocycles. The number of ether oxygens (including phenoxy) is 3. The Balaban J connectivity index is 1.57. The molecule has 1 aromatic carbocycles. The summed E-state index contributed by atoms with van der Waals surface area (Å²) in [6.07, 6.45) is 7.52. The molecule has 0 radical (unpaired) electrons. The average Bonchev–Trinajstić information content (AvgIpc) is 3.10. The van der Waals surface area contributed by atoms with Gasteiger partial charge in [0.25, 0.3) is 0 Å². The van der Waals surface area contributed by atoms with E-state index in [1.807, 2.05) is 6.07 Å². The summed E-state index contributed by atoms with van der Waals surface area (Å²) < 4.78 is 16.7. The van der Waals surface area contributed by atoms with Crippen molar-refractivity contribution in [2.24, 2.45) is 0 Å². The quantitative estimate of drug-likeness (QED) is 0.774. The lowest BCUT2D eigenvalue weighted by Gasteiger charge is -2.29. The predicted molar refractivity (Wildman–Crippen MR) is 102 cm³/mol. The summed E-state index contributed by atoms with van der Waals surface area (Å²) in [5.41, 5.74) is 1.70. The van der Waals surface area contributed by atoms with Crippen LogP contribution in [0.3, 0.4) is 0 Å². The van der Waals surface area contributed by atoms with Gasteiger partial charge in [0.15, 0.2) is 11.5 Å². The van der Waals surface area contributed by atoms with Gasteiger partial charge in [-0.05, 0) is 50.3 Å². The highest BCUT2D eigenvalue weighted by Gasteiger charge is 2.34. The molecule has 1 fully saturated rings. The Hall–Kier alpha value is -2.70. The van der Waals surface area contributed by atoms with Crippen molar-refractivity contribution in [2.75, 3.05) is 6.79 Å². The topological polar surface area (TPSA) is 85.9 Å². The lowest BCUT2D eigenvalue weighted by atomic mass is 9.94. The Morgan fingerprint density at radius 1 is 1.07 bits per heavy atom.